The second-order valence-electron chi connectivity index (χ2n) is 4.72. The van der Waals surface area contributed by atoms with Gasteiger partial charge in [-0.05, 0) is 51.1 Å². The lowest BCUT2D eigenvalue weighted by Gasteiger charge is -2.07. The standard InChI is InChI=1S/C15H18N2O3/c1-4-20-12-7-5-11(6-8-12)13-9-14(15(18)19)17(16-13)10(2)3/h5-10H,4H2,1-3H3,(H,18,19). The Labute approximate surface area is 117 Å². The number of carboxylic acids is 1. The molecule has 2 aromatic rings. The van der Waals surface area contributed by atoms with Crippen molar-refractivity contribution in [2.24, 2.45) is 0 Å². The maximum absolute atomic E-state index is 11.2. The van der Waals surface area contributed by atoms with Gasteiger partial charge in [0.1, 0.15) is 11.4 Å². The summed E-state index contributed by atoms with van der Waals surface area (Å²) in [6.07, 6.45) is 0. The number of hydrogen-bond donors (Lipinski definition) is 1. The fourth-order valence-electron chi connectivity index (χ4n) is 1.98. The number of aromatic carboxylic acids is 1. The topological polar surface area (TPSA) is 64.3 Å². The molecule has 0 aliphatic rings. The SMILES string of the molecule is CCOc1ccc(-c2cc(C(=O)O)n(C(C)C)n2)cc1. The first-order valence-electron chi connectivity index (χ1n) is 6.59. The van der Waals surface area contributed by atoms with Crippen molar-refractivity contribution in [1.82, 2.24) is 9.78 Å². The van der Waals surface area contributed by atoms with Gasteiger partial charge in [0.2, 0.25) is 0 Å². The Morgan fingerprint density at radius 1 is 1.35 bits per heavy atom. The minimum atomic E-state index is -0.969. The van der Waals surface area contributed by atoms with E-state index in [1.54, 1.807) is 6.07 Å². The molecule has 20 heavy (non-hydrogen) atoms. The minimum absolute atomic E-state index is 0.00227. The third-order valence-corrected chi connectivity index (χ3v) is 2.91. The summed E-state index contributed by atoms with van der Waals surface area (Å²) in [5.41, 5.74) is 1.72. The van der Waals surface area contributed by atoms with Crippen LogP contribution in [0.25, 0.3) is 11.3 Å². The highest BCUT2D eigenvalue weighted by molar-refractivity contribution is 5.87. The van der Waals surface area contributed by atoms with Crippen molar-refractivity contribution < 1.29 is 14.6 Å². The minimum Gasteiger partial charge on any atom is -0.494 e. The van der Waals surface area contributed by atoms with Gasteiger partial charge in [-0.25, -0.2) is 4.79 Å². The van der Waals surface area contributed by atoms with E-state index in [9.17, 15) is 9.90 Å². The Morgan fingerprint density at radius 3 is 2.45 bits per heavy atom. The van der Waals surface area contributed by atoms with Crippen LogP contribution in [0.15, 0.2) is 30.3 Å². The van der Waals surface area contributed by atoms with Crippen molar-refractivity contribution in [3.8, 4) is 17.0 Å². The summed E-state index contributed by atoms with van der Waals surface area (Å²) in [5, 5.41) is 13.6. The summed E-state index contributed by atoms with van der Waals surface area (Å²) in [6, 6.07) is 9.06. The summed E-state index contributed by atoms with van der Waals surface area (Å²) in [7, 11) is 0. The Balaban J connectivity index is 2.37. The first-order chi connectivity index (χ1) is 9.52. The number of carbonyl (C=O) groups is 1. The van der Waals surface area contributed by atoms with E-state index in [0.29, 0.717) is 12.3 Å². The molecule has 0 aliphatic carbocycles. The van der Waals surface area contributed by atoms with Crippen LogP contribution < -0.4 is 4.74 Å². The molecule has 1 N–H and O–H groups in total. The average molecular weight is 274 g/mol. The van der Waals surface area contributed by atoms with Crippen molar-refractivity contribution in [1.29, 1.82) is 0 Å². The van der Waals surface area contributed by atoms with E-state index in [-0.39, 0.29) is 11.7 Å². The van der Waals surface area contributed by atoms with Gasteiger partial charge in [0, 0.05) is 11.6 Å². The number of hydrogen-bond acceptors (Lipinski definition) is 3. The third kappa shape index (κ3) is 2.82. The molecule has 1 heterocycles. The molecule has 5 nitrogen and oxygen atoms in total. The number of ether oxygens (including phenoxy) is 1. The molecule has 0 atom stereocenters. The number of benzene rings is 1. The van der Waals surface area contributed by atoms with Gasteiger partial charge in [-0.1, -0.05) is 0 Å². The van der Waals surface area contributed by atoms with Crippen LogP contribution in [-0.4, -0.2) is 27.5 Å². The highest BCUT2D eigenvalue weighted by Gasteiger charge is 2.17. The maximum atomic E-state index is 11.2. The second-order valence-corrected chi connectivity index (χ2v) is 4.72. The normalized spacial score (nSPS) is 10.8. The molecule has 0 amide bonds. The smallest absolute Gasteiger partial charge is 0.354 e. The molecule has 2 rings (SSSR count). The van der Waals surface area contributed by atoms with Crippen LogP contribution in [0.3, 0.4) is 0 Å². The number of nitrogens with zero attached hydrogens (tertiary/aromatic N) is 2. The molecule has 0 unspecified atom stereocenters. The van der Waals surface area contributed by atoms with E-state index < -0.39 is 5.97 Å². The zero-order valence-electron chi connectivity index (χ0n) is 11.8. The molecule has 0 spiro atoms. The highest BCUT2D eigenvalue weighted by Crippen LogP contribution is 2.23. The van der Waals surface area contributed by atoms with Crippen LogP contribution >= 0.6 is 0 Å². The van der Waals surface area contributed by atoms with E-state index in [1.807, 2.05) is 45.0 Å². The molecular formula is C15H18N2O3. The largest absolute Gasteiger partial charge is 0.494 e. The predicted molar refractivity (Wildman–Crippen MR) is 76.2 cm³/mol. The van der Waals surface area contributed by atoms with Gasteiger partial charge in [0.25, 0.3) is 0 Å². The van der Waals surface area contributed by atoms with E-state index in [1.165, 1.54) is 4.68 Å². The van der Waals surface area contributed by atoms with Gasteiger partial charge < -0.3 is 9.84 Å². The van der Waals surface area contributed by atoms with Gasteiger partial charge in [-0.15, -0.1) is 0 Å². The van der Waals surface area contributed by atoms with Crippen LogP contribution in [0.4, 0.5) is 0 Å². The predicted octanol–water partition coefficient (Wildman–Crippen LogP) is 3.23. The van der Waals surface area contributed by atoms with E-state index in [2.05, 4.69) is 5.10 Å². The van der Waals surface area contributed by atoms with Crippen LogP contribution in [0, 0.1) is 0 Å². The van der Waals surface area contributed by atoms with Gasteiger partial charge in [0.05, 0.1) is 12.3 Å². The number of rotatable bonds is 5. The molecular weight excluding hydrogens is 256 g/mol. The zero-order valence-corrected chi connectivity index (χ0v) is 11.8. The molecule has 0 aliphatic heterocycles. The van der Waals surface area contributed by atoms with Crippen molar-refractivity contribution in [2.75, 3.05) is 6.61 Å². The maximum Gasteiger partial charge on any atom is 0.354 e. The van der Waals surface area contributed by atoms with E-state index >= 15 is 0 Å². The van der Waals surface area contributed by atoms with Crippen LogP contribution in [0.5, 0.6) is 5.75 Å². The molecule has 0 radical (unpaired) electrons. The Kier molecular flexibility index (Phi) is 4.08. The van der Waals surface area contributed by atoms with E-state index in [4.69, 9.17) is 4.74 Å². The Morgan fingerprint density at radius 2 is 2.00 bits per heavy atom. The van der Waals surface area contributed by atoms with Crippen LogP contribution in [-0.2, 0) is 0 Å². The van der Waals surface area contributed by atoms with Gasteiger partial charge in [0.15, 0.2) is 0 Å². The molecule has 0 bridgehead atoms. The lowest BCUT2D eigenvalue weighted by molar-refractivity contribution is 0.0681. The molecule has 1 aromatic carbocycles. The lowest BCUT2D eigenvalue weighted by Crippen LogP contribution is -2.11. The third-order valence-electron chi connectivity index (χ3n) is 2.91. The molecule has 0 saturated heterocycles. The molecule has 5 heteroatoms. The van der Waals surface area contributed by atoms with Crippen molar-refractivity contribution in [3.05, 3.63) is 36.0 Å². The van der Waals surface area contributed by atoms with Gasteiger partial charge in [-0.3, -0.25) is 4.68 Å². The zero-order chi connectivity index (χ0) is 14.7. The van der Waals surface area contributed by atoms with Crippen molar-refractivity contribution in [2.45, 2.75) is 26.8 Å². The van der Waals surface area contributed by atoms with Crippen molar-refractivity contribution in [3.63, 3.8) is 0 Å². The summed E-state index contributed by atoms with van der Waals surface area (Å²) in [4.78, 5) is 11.2. The fraction of sp³-hybridized carbons (Fsp3) is 0.333. The highest BCUT2D eigenvalue weighted by atomic mass is 16.5. The molecule has 0 saturated carbocycles. The molecule has 106 valence electrons. The number of aromatic nitrogens is 2. The Hall–Kier alpha value is -2.30. The molecule has 0 fully saturated rings. The first-order valence-corrected chi connectivity index (χ1v) is 6.59. The summed E-state index contributed by atoms with van der Waals surface area (Å²) < 4.78 is 6.90. The quantitative estimate of drug-likeness (QED) is 0.909. The monoisotopic (exact) mass is 274 g/mol. The fourth-order valence-corrected chi connectivity index (χ4v) is 1.98. The van der Waals surface area contributed by atoms with Crippen molar-refractivity contribution >= 4 is 5.97 Å². The lowest BCUT2D eigenvalue weighted by atomic mass is 10.1. The summed E-state index contributed by atoms with van der Waals surface area (Å²) in [5.74, 6) is -0.179. The second kappa shape index (κ2) is 5.77. The Bertz CT molecular complexity index is 600. The summed E-state index contributed by atoms with van der Waals surface area (Å²) >= 11 is 0. The van der Waals surface area contributed by atoms with E-state index in [0.717, 1.165) is 11.3 Å². The van der Waals surface area contributed by atoms with Crippen LogP contribution in [0.2, 0.25) is 0 Å². The summed E-state index contributed by atoms with van der Waals surface area (Å²) in [6.45, 7) is 6.35. The van der Waals surface area contributed by atoms with Gasteiger partial charge in [-0.2, -0.15) is 5.10 Å². The van der Waals surface area contributed by atoms with Gasteiger partial charge >= 0.3 is 5.97 Å². The van der Waals surface area contributed by atoms with Crippen LogP contribution in [0.1, 0.15) is 37.3 Å². The number of carboxylic acid groups (broad SMARTS) is 1. The molecule has 1 aromatic heterocycles. The average Bonchev–Trinajstić information content (AvgIpc) is 2.85. The first kappa shape index (κ1) is 14.1.